The van der Waals surface area contributed by atoms with E-state index in [1.807, 2.05) is 30.5 Å². The molecule has 0 unspecified atom stereocenters. The van der Waals surface area contributed by atoms with Crippen LogP contribution in [-0.2, 0) is 6.54 Å². The molecule has 5 heteroatoms. The van der Waals surface area contributed by atoms with Crippen molar-refractivity contribution in [1.29, 1.82) is 5.26 Å². The van der Waals surface area contributed by atoms with E-state index < -0.39 is 0 Å². The third-order valence-electron chi connectivity index (χ3n) is 4.60. The first-order valence-corrected chi connectivity index (χ1v) is 8.57. The maximum atomic E-state index is 9.38. The Morgan fingerprint density at radius 3 is 2.64 bits per heavy atom. The number of hydrogen-bond donors (Lipinski definition) is 1. The number of para-hydroxylation sites is 1. The van der Waals surface area contributed by atoms with Gasteiger partial charge in [0.1, 0.15) is 11.9 Å². The number of nitriles is 1. The van der Waals surface area contributed by atoms with Crippen LogP contribution in [0.25, 0.3) is 10.9 Å². The van der Waals surface area contributed by atoms with Gasteiger partial charge in [0, 0.05) is 37.4 Å². The summed E-state index contributed by atoms with van der Waals surface area (Å²) in [4.78, 5) is 11.3. The normalized spacial score (nSPS) is 13.8. The quantitative estimate of drug-likeness (QED) is 0.790. The average molecular weight is 329 g/mol. The van der Waals surface area contributed by atoms with Gasteiger partial charge in [0.15, 0.2) is 0 Å². The molecule has 25 heavy (non-hydrogen) atoms. The van der Waals surface area contributed by atoms with E-state index in [1.165, 1.54) is 12.8 Å². The maximum absolute atomic E-state index is 9.38. The molecule has 1 fully saturated rings. The summed E-state index contributed by atoms with van der Waals surface area (Å²) in [7, 11) is 0. The third kappa shape index (κ3) is 3.11. The first-order chi connectivity index (χ1) is 12.3. The number of hydrogen-bond acceptors (Lipinski definition) is 5. The molecule has 1 aromatic carbocycles. The first kappa shape index (κ1) is 15.4. The minimum atomic E-state index is 0.556. The second-order valence-corrected chi connectivity index (χ2v) is 6.25. The summed E-state index contributed by atoms with van der Waals surface area (Å²) in [5, 5.41) is 13.7. The number of aromatic nitrogens is 2. The molecule has 5 nitrogen and oxygen atoms in total. The van der Waals surface area contributed by atoms with E-state index in [0.717, 1.165) is 41.1 Å². The van der Waals surface area contributed by atoms with E-state index >= 15 is 0 Å². The molecular formula is C20H19N5. The summed E-state index contributed by atoms with van der Waals surface area (Å²) in [6.07, 6.45) is 6.03. The Morgan fingerprint density at radius 1 is 1.04 bits per heavy atom. The van der Waals surface area contributed by atoms with Crippen LogP contribution in [0, 0.1) is 11.3 Å². The number of pyridine rings is 2. The van der Waals surface area contributed by atoms with Gasteiger partial charge in [-0.15, -0.1) is 0 Å². The van der Waals surface area contributed by atoms with Crippen molar-refractivity contribution >= 4 is 22.4 Å². The van der Waals surface area contributed by atoms with Crippen molar-refractivity contribution < 1.29 is 0 Å². The molecule has 1 N–H and O–H groups in total. The molecule has 3 heterocycles. The maximum Gasteiger partial charge on any atom is 0.128 e. The van der Waals surface area contributed by atoms with Gasteiger partial charge in [0.2, 0.25) is 0 Å². The summed E-state index contributed by atoms with van der Waals surface area (Å²) in [5.74, 6) is 1.05. The lowest BCUT2D eigenvalue weighted by molar-refractivity contribution is 0.932. The van der Waals surface area contributed by atoms with Crippen molar-refractivity contribution in [3.05, 3.63) is 59.9 Å². The molecule has 1 aliphatic rings. The van der Waals surface area contributed by atoms with E-state index in [0.29, 0.717) is 12.1 Å². The fraction of sp³-hybridized carbons (Fsp3) is 0.250. The fourth-order valence-electron chi connectivity index (χ4n) is 3.26. The Labute approximate surface area is 146 Å². The van der Waals surface area contributed by atoms with Crippen LogP contribution in [-0.4, -0.2) is 23.1 Å². The van der Waals surface area contributed by atoms with Gasteiger partial charge in [-0.3, -0.25) is 4.98 Å². The number of rotatable bonds is 4. The molecule has 1 aliphatic heterocycles. The largest absolute Gasteiger partial charge is 0.379 e. The van der Waals surface area contributed by atoms with E-state index in [4.69, 9.17) is 0 Å². The SMILES string of the molecule is N#Cc1cnc2ccccc2c1NCc1ccc(N2CCCC2)nc1. The van der Waals surface area contributed by atoms with Gasteiger partial charge in [-0.25, -0.2) is 4.98 Å². The van der Waals surface area contributed by atoms with Crippen LogP contribution in [0.1, 0.15) is 24.0 Å². The highest BCUT2D eigenvalue weighted by Crippen LogP contribution is 2.26. The lowest BCUT2D eigenvalue weighted by Gasteiger charge is -2.16. The van der Waals surface area contributed by atoms with Gasteiger partial charge in [0.25, 0.3) is 0 Å². The molecule has 2 aromatic heterocycles. The van der Waals surface area contributed by atoms with E-state index in [9.17, 15) is 5.26 Å². The highest BCUT2D eigenvalue weighted by atomic mass is 15.2. The Kier molecular flexibility index (Phi) is 4.17. The highest BCUT2D eigenvalue weighted by molar-refractivity contribution is 5.93. The van der Waals surface area contributed by atoms with Crippen molar-refractivity contribution in [3.63, 3.8) is 0 Å². The third-order valence-corrected chi connectivity index (χ3v) is 4.60. The number of anilines is 2. The summed E-state index contributed by atoms with van der Waals surface area (Å²) >= 11 is 0. The highest BCUT2D eigenvalue weighted by Gasteiger charge is 2.13. The molecule has 0 spiro atoms. The topological polar surface area (TPSA) is 64.8 Å². The van der Waals surface area contributed by atoms with Crippen LogP contribution >= 0.6 is 0 Å². The molecular weight excluding hydrogens is 310 g/mol. The predicted octanol–water partition coefficient (Wildman–Crippen LogP) is 3.71. The van der Waals surface area contributed by atoms with Gasteiger partial charge in [-0.1, -0.05) is 24.3 Å². The number of fused-ring (bicyclic) bond motifs is 1. The molecule has 0 aliphatic carbocycles. The van der Waals surface area contributed by atoms with Crippen LogP contribution in [0.5, 0.6) is 0 Å². The van der Waals surface area contributed by atoms with Crippen molar-refractivity contribution in [3.8, 4) is 6.07 Å². The summed E-state index contributed by atoms with van der Waals surface area (Å²) < 4.78 is 0. The van der Waals surface area contributed by atoms with Crippen LogP contribution < -0.4 is 10.2 Å². The van der Waals surface area contributed by atoms with Crippen LogP contribution in [0.2, 0.25) is 0 Å². The van der Waals surface area contributed by atoms with Crippen LogP contribution in [0.3, 0.4) is 0 Å². The van der Waals surface area contributed by atoms with Crippen LogP contribution in [0.4, 0.5) is 11.5 Å². The summed E-state index contributed by atoms with van der Waals surface area (Å²) in [6, 6.07) is 14.3. The molecule has 4 rings (SSSR count). The fourth-order valence-corrected chi connectivity index (χ4v) is 3.26. The molecule has 0 radical (unpaired) electrons. The molecule has 0 atom stereocenters. The minimum Gasteiger partial charge on any atom is -0.379 e. The second kappa shape index (κ2) is 6.78. The summed E-state index contributed by atoms with van der Waals surface area (Å²) in [6.45, 7) is 2.81. The van der Waals surface area contributed by atoms with E-state index in [1.54, 1.807) is 6.20 Å². The standard InChI is InChI=1S/C20H19N5/c21-11-16-14-22-18-6-2-1-5-17(18)20(16)24-13-15-7-8-19(23-12-15)25-9-3-4-10-25/h1-2,5-8,12,14H,3-4,9-10,13H2,(H,22,24). The Morgan fingerprint density at radius 2 is 1.88 bits per heavy atom. The van der Waals surface area contributed by atoms with Crippen molar-refractivity contribution in [2.24, 2.45) is 0 Å². The Bertz CT molecular complexity index is 921. The van der Waals surface area contributed by atoms with Crippen molar-refractivity contribution in [2.75, 3.05) is 23.3 Å². The minimum absolute atomic E-state index is 0.556. The van der Waals surface area contributed by atoms with Gasteiger partial charge in [-0.05, 0) is 30.5 Å². The van der Waals surface area contributed by atoms with Gasteiger partial charge in [0.05, 0.1) is 16.8 Å². The van der Waals surface area contributed by atoms with Crippen LogP contribution in [0.15, 0.2) is 48.8 Å². The number of nitrogens with zero attached hydrogens (tertiary/aromatic N) is 4. The van der Waals surface area contributed by atoms with Crippen molar-refractivity contribution in [2.45, 2.75) is 19.4 Å². The second-order valence-electron chi connectivity index (χ2n) is 6.25. The average Bonchev–Trinajstić information content (AvgIpc) is 3.21. The Hall–Kier alpha value is -3.13. The van der Waals surface area contributed by atoms with Gasteiger partial charge in [-0.2, -0.15) is 5.26 Å². The lowest BCUT2D eigenvalue weighted by Crippen LogP contribution is -2.18. The van der Waals surface area contributed by atoms with E-state index in [-0.39, 0.29) is 0 Å². The number of benzene rings is 1. The zero-order chi connectivity index (χ0) is 17.1. The molecule has 0 bridgehead atoms. The molecule has 1 saturated heterocycles. The zero-order valence-corrected chi connectivity index (χ0v) is 13.9. The molecule has 124 valence electrons. The monoisotopic (exact) mass is 329 g/mol. The molecule has 0 amide bonds. The summed E-state index contributed by atoms with van der Waals surface area (Å²) in [5.41, 5.74) is 3.36. The molecule has 3 aromatic rings. The predicted molar refractivity (Wildman–Crippen MR) is 99.5 cm³/mol. The van der Waals surface area contributed by atoms with Gasteiger partial charge >= 0.3 is 0 Å². The lowest BCUT2D eigenvalue weighted by atomic mass is 10.1. The Balaban J connectivity index is 1.55. The van der Waals surface area contributed by atoms with Crippen molar-refractivity contribution in [1.82, 2.24) is 9.97 Å². The van der Waals surface area contributed by atoms with Gasteiger partial charge < -0.3 is 10.2 Å². The molecule has 0 saturated carbocycles. The first-order valence-electron chi connectivity index (χ1n) is 8.57. The zero-order valence-electron chi connectivity index (χ0n) is 13.9. The van der Waals surface area contributed by atoms with E-state index in [2.05, 4.69) is 38.4 Å². The number of nitrogens with one attached hydrogen (secondary N) is 1. The smallest absolute Gasteiger partial charge is 0.128 e.